The van der Waals surface area contributed by atoms with Gasteiger partial charge in [-0.05, 0) is 81.4 Å². The summed E-state index contributed by atoms with van der Waals surface area (Å²) >= 11 is 0. The highest BCUT2D eigenvalue weighted by molar-refractivity contribution is 5.93. The number of quaternary nitrogens is 1. The maximum absolute atomic E-state index is 12.5. The SMILES string of the molecule is C[C@@H]([NH2+]CC12CC3CC(CC(C3)C1)C2)C(=O)Nc1cccc(C#N)c1. The van der Waals surface area contributed by atoms with Crippen molar-refractivity contribution in [2.75, 3.05) is 11.9 Å². The molecule has 0 saturated heterocycles. The van der Waals surface area contributed by atoms with Crippen molar-refractivity contribution in [2.24, 2.45) is 23.2 Å². The van der Waals surface area contributed by atoms with Gasteiger partial charge in [-0.15, -0.1) is 0 Å². The van der Waals surface area contributed by atoms with Crippen molar-refractivity contribution >= 4 is 11.6 Å². The summed E-state index contributed by atoms with van der Waals surface area (Å²) in [5, 5.41) is 14.2. The Balaban J connectivity index is 1.33. The molecule has 4 nitrogen and oxygen atoms in total. The summed E-state index contributed by atoms with van der Waals surface area (Å²) in [6.45, 7) is 3.08. The van der Waals surface area contributed by atoms with Gasteiger partial charge in [-0.3, -0.25) is 4.79 Å². The second kappa shape index (κ2) is 6.46. The van der Waals surface area contributed by atoms with Crippen LogP contribution < -0.4 is 10.6 Å². The summed E-state index contributed by atoms with van der Waals surface area (Å²) in [7, 11) is 0. The highest BCUT2D eigenvalue weighted by Gasteiger charge is 2.51. The Morgan fingerprint density at radius 1 is 1.28 bits per heavy atom. The first kappa shape index (κ1) is 16.6. The van der Waals surface area contributed by atoms with Crippen LogP contribution in [-0.4, -0.2) is 18.5 Å². The first-order valence-electron chi connectivity index (χ1n) is 9.70. The summed E-state index contributed by atoms with van der Waals surface area (Å²) in [6.07, 6.45) is 8.54. The average Bonchev–Trinajstić information content (AvgIpc) is 2.58. The van der Waals surface area contributed by atoms with E-state index in [2.05, 4.69) is 16.7 Å². The summed E-state index contributed by atoms with van der Waals surface area (Å²) in [6, 6.07) is 9.13. The first-order chi connectivity index (χ1) is 12.0. The molecule has 4 fully saturated rings. The van der Waals surface area contributed by atoms with Crippen LogP contribution in [0.1, 0.15) is 51.0 Å². The Morgan fingerprint density at radius 3 is 2.52 bits per heavy atom. The molecule has 4 heteroatoms. The highest BCUT2D eigenvalue weighted by Crippen LogP contribution is 2.59. The smallest absolute Gasteiger partial charge is 0.282 e. The van der Waals surface area contributed by atoms with Gasteiger partial charge in [0.05, 0.1) is 18.2 Å². The van der Waals surface area contributed by atoms with E-state index in [-0.39, 0.29) is 11.9 Å². The molecule has 5 rings (SSSR count). The maximum atomic E-state index is 12.5. The standard InChI is InChI=1S/C21H27N3O/c1-14(20(25)24-19-4-2-3-15(8-19)12-22)23-13-21-9-16-5-17(10-21)7-18(6-16)11-21/h2-4,8,14,16-18,23H,5-7,9-11,13H2,1H3,(H,24,25)/p+1/t14-,16?,17?,18?,21?/m1/s1. The molecule has 25 heavy (non-hydrogen) atoms. The van der Waals surface area contributed by atoms with E-state index >= 15 is 0 Å². The number of nitriles is 1. The molecule has 0 aromatic heterocycles. The Hall–Kier alpha value is -1.86. The minimum absolute atomic E-state index is 0.0276. The highest BCUT2D eigenvalue weighted by atomic mass is 16.2. The Bertz CT molecular complexity index is 670. The van der Waals surface area contributed by atoms with Gasteiger partial charge in [0.2, 0.25) is 0 Å². The van der Waals surface area contributed by atoms with Gasteiger partial charge < -0.3 is 10.6 Å². The van der Waals surface area contributed by atoms with E-state index < -0.39 is 0 Å². The molecule has 1 atom stereocenters. The van der Waals surface area contributed by atoms with Gasteiger partial charge in [-0.1, -0.05) is 6.07 Å². The van der Waals surface area contributed by atoms with Crippen LogP contribution in [0, 0.1) is 34.5 Å². The molecule has 0 radical (unpaired) electrons. The topological polar surface area (TPSA) is 69.5 Å². The van der Waals surface area contributed by atoms with Crippen LogP contribution >= 0.6 is 0 Å². The Morgan fingerprint density at radius 2 is 1.92 bits per heavy atom. The molecule has 4 saturated carbocycles. The molecule has 1 amide bonds. The third-order valence-electron chi connectivity index (χ3n) is 6.74. The molecule has 4 aliphatic rings. The van der Waals surface area contributed by atoms with Crippen LogP contribution in [-0.2, 0) is 4.79 Å². The van der Waals surface area contributed by atoms with Crippen LogP contribution in [0.4, 0.5) is 5.69 Å². The molecule has 3 N–H and O–H groups in total. The monoisotopic (exact) mass is 338 g/mol. The minimum atomic E-state index is -0.0984. The minimum Gasteiger partial charge on any atom is -0.336 e. The van der Waals surface area contributed by atoms with E-state index in [4.69, 9.17) is 5.26 Å². The number of amides is 1. The van der Waals surface area contributed by atoms with E-state index in [1.54, 1.807) is 18.2 Å². The Kier molecular flexibility index (Phi) is 4.29. The third-order valence-corrected chi connectivity index (χ3v) is 6.74. The van der Waals surface area contributed by atoms with Crippen LogP contribution in [0.2, 0.25) is 0 Å². The van der Waals surface area contributed by atoms with E-state index in [0.29, 0.717) is 16.7 Å². The van der Waals surface area contributed by atoms with Gasteiger partial charge in [0.15, 0.2) is 6.04 Å². The lowest BCUT2D eigenvalue weighted by atomic mass is 9.49. The molecule has 4 aliphatic carbocycles. The molecule has 4 bridgehead atoms. The van der Waals surface area contributed by atoms with Gasteiger partial charge in [-0.25, -0.2) is 0 Å². The number of nitrogens with zero attached hydrogens (tertiary/aromatic N) is 1. The fraction of sp³-hybridized carbons (Fsp3) is 0.619. The lowest BCUT2D eigenvalue weighted by Gasteiger charge is -2.56. The lowest BCUT2D eigenvalue weighted by Crippen LogP contribution is -2.94. The summed E-state index contributed by atoms with van der Waals surface area (Å²) in [5.74, 6) is 2.90. The fourth-order valence-electron chi connectivity index (χ4n) is 6.00. The quantitative estimate of drug-likeness (QED) is 0.866. The predicted molar refractivity (Wildman–Crippen MR) is 96.6 cm³/mol. The maximum Gasteiger partial charge on any atom is 0.282 e. The first-order valence-corrected chi connectivity index (χ1v) is 9.70. The number of hydrogen-bond donors (Lipinski definition) is 2. The molecule has 0 spiro atoms. The Labute approximate surface area is 150 Å². The molecular formula is C21H28N3O+. The lowest BCUT2D eigenvalue weighted by molar-refractivity contribution is -0.686. The van der Waals surface area contributed by atoms with Crippen LogP contribution in [0.5, 0.6) is 0 Å². The van der Waals surface area contributed by atoms with Gasteiger partial charge >= 0.3 is 0 Å². The second-order valence-electron chi connectivity index (χ2n) is 8.83. The number of carbonyl (C=O) groups is 1. The largest absolute Gasteiger partial charge is 0.336 e. The summed E-state index contributed by atoms with van der Waals surface area (Å²) in [4.78, 5) is 12.5. The van der Waals surface area contributed by atoms with E-state index in [1.165, 1.54) is 38.5 Å². The van der Waals surface area contributed by atoms with Gasteiger partial charge in [-0.2, -0.15) is 5.26 Å². The van der Waals surface area contributed by atoms with Gasteiger partial charge in [0.25, 0.3) is 5.91 Å². The zero-order chi connectivity index (χ0) is 17.4. The molecule has 0 heterocycles. The van der Waals surface area contributed by atoms with Gasteiger partial charge in [0.1, 0.15) is 0 Å². The van der Waals surface area contributed by atoms with Crippen LogP contribution in [0.25, 0.3) is 0 Å². The van der Waals surface area contributed by atoms with Crippen molar-refractivity contribution in [3.63, 3.8) is 0 Å². The van der Waals surface area contributed by atoms with Crippen molar-refractivity contribution in [2.45, 2.75) is 51.5 Å². The van der Waals surface area contributed by atoms with E-state index in [1.807, 2.05) is 13.0 Å². The second-order valence-corrected chi connectivity index (χ2v) is 8.83. The van der Waals surface area contributed by atoms with Crippen LogP contribution in [0.15, 0.2) is 24.3 Å². The number of nitrogens with one attached hydrogen (secondary N) is 1. The number of anilines is 1. The molecular weight excluding hydrogens is 310 g/mol. The van der Waals surface area contributed by atoms with Crippen molar-refractivity contribution in [1.29, 1.82) is 5.26 Å². The van der Waals surface area contributed by atoms with Crippen molar-refractivity contribution in [3.05, 3.63) is 29.8 Å². The third kappa shape index (κ3) is 3.43. The zero-order valence-corrected chi connectivity index (χ0v) is 15.0. The summed E-state index contributed by atoms with van der Waals surface area (Å²) in [5.41, 5.74) is 1.77. The van der Waals surface area contributed by atoms with Crippen molar-refractivity contribution in [1.82, 2.24) is 0 Å². The zero-order valence-electron chi connectivity index (χ0n) is 15.0. The summed E-state index contributed by atoms with van der Waals surface area (Å²) < 4.78 is 0. The normalized spacial score (nSPS) is 33.7. The molecule has 1 aromatic rings. The molecule has 0 aliphatic heterocycles. The van der Waals surface area contributed by atoms with E-state index in [9.17, 15) is 4.79 Å². The van der Waals surface area contributed by atoms with Crippen molar-refractivity contribution < 1.29 is 10.1 Å². The van der Waals surface area contributed by atoms with Gasteiger partial charge in [0, 0.05) is 11.1 Å². The number of benzene rings is 1. The van der Waals surface area contributed by atoms with E-state index in [0.717, 1.165) is 24.3 Å². The van der Waals surface area contributed by atoms with Crippen LogP contribution in [0.3, 0.4) is 0 Å². The molecule has 1 aromatic carbocycles. The number of nitrogens with two attached hydrogens (primary N) is 1. The predicted octanol–water partition coefficient (Wildman–Crippen LogP) is 2.67. The number of rotatable bonds is 5. The average molecular weight is 338 g/mol. The molecule has 0 unspecified atom stereocenters. The molecule has 132 valence electrons. The number of hydrogen-bond acceptors (Lipinski definition) is 2. The fourth-order valence-corrected chi connectivity index (χ4v) is 6.00. The number of carbonyl (C=O) groups excluding carboxylic acids is 1. The van der Waals surface area contributed by atoms with Crippen molar-refractivity contribution in [3.8, 4) is 6.07 Å².